The van der Waals surface area contributed by atoms with Crippen molar-refractivity contribution in [3.63, 3.8) is 0 Å². The molecule has 1 aromatic carbocycles. The number of nitrogens with one attached hydrogen (secondary N) is 2. The Labute approximate surface area is 101 Å². The van der Waals surface area contributed by atoms with E-state index in [0.717, 1.165) is 17.7 Å². The highest BCUT2D eigenvalue weighted by molar-refractivity contribution is 6.03. The summed E-state index contributed by atoms with van der Waals surface area (Å²) in [7, 11) is 0. The number of amides is 2. The van der Waals surface area contributed by atoms with Crippen LogP contribution in [0.3, 0.4) is 0 Å². The number of hydrogen-bond acceptors (Lipinski definition) is 2. The lowest BCUT2D eigenvalue weighted by atomic mass is 10.2. The molecule has 2 amide bonds. The molecule has 0 fully saturated rings. The van der Waals surface area contributed by atoms with E-state index in [4.69, 9.17) is 0 Å². The molecule has 0 bridgehead atoms. The third kappa shape index (κ3) is 5.15. The van der Waals surface area contributed by atoms with Crippen LogP contribution in [-0.2, 0) is 9.59 Å². The normalized spacial score (nSPS) is 9.76. The molecule has 1 aromatic rings. The standard InChI is InChI=1S/C13H18N2O2/c1-3-7-14-12(16)9-13(17)15-11-6-4-5-10(2)8-11/h4-6,8H,3,7,9H2,1-2H3,(H,14,16)(H,15,17). The van der Waals surface area contributed by atoms with E-state index in [1.165, 1.54) is 0 Å². The Hall–Kier alpha value is -1.84. The Morgan fingerprint density at radius 2 is 2.00 bits per heavy atom. The number of benzene rings is 1. The molecule has 0 aromatic heterocycles. The van der Waals surface area contributed by atoms with Gasteiger partial charge in [0.05, 0.1) is 0 Å². The maximum Gasteiger partial charge on any atom is 0.233 e. The summed E-state index contributed by atoms with van der Waals surface area (Å²) in [6, 6.07) is 7.47. The summed E-state index contributed by atoms with van der Waals surface area (Å²) < 4.78 is 0. The quantitative estimate of drug-likeness (QED) is 0.764. The Bertz CT molecular complexity index is 402. The average molecular weight is 234 g/mol. The highest BCUT2D eigenvalue weighted by Crippen LogP contribution is 2.09. The number of rotatable bonds is 5. The third-order valence-electron chi connectivity index (χ3n) is 2.20. The van der Waals surface area contributed by atoms with Crippen molar-refractivity contribution < 1.29 is 9.59 Å². The van der Waals surface area contributed by atoms with Gasteiger partial charge in [-0.15, -0.1) is 0 Å². The van der Waals surface area contributed by atoms with E-state index < -0.39 is 0 Å². The number of hydrogen-bond donors (Lipinski definition) is 2. The summed E-state index contributed by atoms with van der Waals surface area (Å²) in [6.07, 6.45) is 0.735. The fraction of sp³-hybridized carbons (Fsp3) is 0.385. The molecule has 0 saturated carbocycles. The SMILES string of the molecule is CCCNC(=O)CC(=O)Nc1cccc(C)c1. The topological polar surface area (TPSA) is 58.2 Å². The van der Waals surface area contributed by atoms with E-state index in [9.17, 15) is 9.59 Å². The minimum absolute atomic E-state index is 0.131. The summed E-state index contributed by atoms with van der Waals surface area (Å²) >= 11 is 0. The third-order valence-corrected chi connectivity index (χ3v) is 2.20. The monoisotopic (exact) mass is 234 g/mol. The zero-order valence-electron chi connectivity index (χ0n) is 10.2. The lowest BCUT2D eigenvalue weighted by molar-refractivity contribution is -0.126. The summed E-state index contributed by atoms with van der Waals surface area (Å²) in [5.74, 6) is -0.527. The van der Waals surface area contributed by atoms with Crippen LogP contribution in [-0.4, -0.2) is 18.4 Å². The maximum absolute atomic E-state index is 11.5. The van der Waals surface area contributed by atoms with E-state index in [-0.39, 0.29) is 18.2 Å². The molecule has 0 spiro atoms. The molecular weight excluding hydrogens is 216 g/mol. The number of carbonyl (C=O) groups is 2. The second-order valence-electron chi connectivity index (χ2n) is 3.94. The molecule has 0 unspecified atom stereocenters. The predicted molar refractivity (Wildman–Crippen MR) is 67.7 cm³/mol. The van der Waals surface area contributed by atoms with Gasteiger partial charge in [-0.1, -0.05) is 19.1 Å². The van der Waals surface area contributed by atoms with Crippen molar-refractivity contribution in [2.75, 3.05) is 11.9 Å². The molecule has 0 aliphatic carbocycles. The van der Waals surface area contributed by atoms with Crippen LogP contribution in [0.4, 0.5) is 5.69 Å². The van der Waals surface area contributed by atoms with E-state index in [1.54, 1.807) is 6.07 Å². The Morgan fingerprint density at radius 3 is 2.65 bits per heavy atom. The van der Waals surface area contributed by atoms with Crippen molar-refractivity contribution in [3.05, 3.63) is 29.8 Å². The van der Waals surface area contributed by atoms with Crippen molar-refractivity contribution in [3.8, 4) is 0 Å². The smallest absolute Gasteiger partial charge is 0.233 e. The minimum atomic E-state index is -0.288. The first-order valence-corrected chi connectivity index (χ1v) is 5.75. The van der Waals surface area contributed by atoms with Crippen LogP contribution >= 0.6 is 0 Å². The van der Waals surface area contributed by atoms with Crippen LogP contribution in [0.5, 0.6) is 0 Å². The molecule has 0 aliphatic rings. The van der Waals surface area contributed by atoms with E-state index in [0.29, 0.717) is 6.54 Å². The fourth-order valence-electron chi connectivity index (χ4n) is 1.40. The summed E-state index contributed by atoms with van der Waals surface area (Å²) in [6.45, 7) is 4.52. The zero-order valence-corrected chi connectivity index (χ0v) is 10.2. The lowest BCUT2D eigenvalue weighted by Gasteiger charge is -2.06. The molecule has 0 radical (unpaired) electrons. The van der Waals surface area contributed by atoms with Gasteiger partial charge in [0.15, 0.2) is 0 Å². The Kier molecular flexibility index (Phi) is 5.20. The molecule has 0 heterocycles. The van der Waals surface area contributed by atoms with Gasteiger partial charge in [0.25, 0.3) is 0 Å². The maximum atomic E-state index is 11.5. The fourth-order valence-corrected chi connectivity index (χ4v) is 1.40. The van der Waals surface area contributed by atoms with Crippen LogP contribution in [0.1, 0.15) is 25.3 Å². The van der Waals surface area contributed by atoms with Gasteiger partial charge in [-0.05, 0) is 31.0 Å². The highest BCUT2D eigenvalue weighted by atomic mass is 16.2. The summed E-state index contributed by atoms with van der Waals surface area (Å²) in [5.41, 5.74) is 1.79. The van der Waals surface area contributed by atoms with Crippen molar-refractivity contribution in [1.29, 1.82) is 0 Å². The molecule has 4 nitrogen and oxygen atoms in total. The van der Waals surface area contributed by atoms with Crippen LogP contribution in [0.2, 0.25) is 0 Å². The van der Waals surface area contributed by atoms with Gasteiger partial charge in [0, 0.05) is 12.2 Å². The number of aryl methyl sites for hydroxylation is 1. The van der Waals surface area contributed by atoms with Gasteiger partial charge in [0.1, 0.15) is 6.42 Å². The summed E-state index contributed by atoms with van der Waals surface area (Å²) in [4.78, 5) is 22.8. The van der Waals surface area contributed by atoms with E-state index >= 15 is 0 Å². The molecule has 2 N–H and O–H groups in total. The first kappa shape index (κ1) is 13.2. The van der Waals surface area contributed by atoms with Crippen LogP contribution < -0.4 is 10.6 Å². The second kappa shape index (κ2) is 6.68. The highest BCUT2D eigenvalue weighted by Gasteiger charge is 2.08. The largest absolute Gasteiger partial charge is 0.356 e. The molecule has 0 aliphatic heterocycles. The molecule has 0 atom stereocenters. The Morgan fingerprint density at radius 1 is 1.24 bits per heavy atom. The number of anilines is 1. The molecule has 92 valence electrons. The van der Waals surface area contributed by atoms with Crippen molar-refractivity contribution in [2.45, 2.75) is 26.7 Å². The van der Waals surface area contributed by atoms with E-state index in [1.807, 2.05) is 32.0 Å². The van der Waals surface area contributed by atoms with Gasteiger partial charge in [0.2, 0.25) is 11.8 Å². The molecule has 17 heavy (non-hydrogen) atoms. The first-order valence-electron chi connectivity index (χ1n) is 5.75. The van der Waals surface area contributed by atoms with Gasteiger partial charge in [-0.25, -0.2) is 0 Å². The van der Waals surface area contributed by atoms with Gasteiger partial charge >= 0.3 is 0 Å². The Balaban J connectivity index is 2.42. The minimum Gasteiger partial charge on any atom is -0.356 e. The average Bonchev–Trinajstić information content (AvgIpc) is 2.26. The second-order valence-corrected chi connectivity index (χ2v) is 3.94. The first-order chi connectivity index (χ1) is 8.11. The van der Waals surface area contributed by atoms with Crippen molar-refractivity contribution in [1.82, 2.24) is 5.32 Å². The van der Waals surface area contributed by atoms with Gasteiger partial charge < -0.3 is 10.6 Å². The van der Waals surface area contributed by atoms with Crippen LogP contribution in [0, 0.1) is 6.92 Å². The zero-order chi connectivity index (χ0) is 12.7. The molecule has 1 rings (SSSR count). The molecular formula is C13H18N2O2. The lowest BCUT2D eigenvalue weighted by Crippen LogP contribution is -2.28. The van der Waals surface area contributed by atoms with Crippen LogP contribution in [0.15, 0.2) is 24.3 Å². The van der Waals surface area contributed by atoms with E-state index in [2.05, 4.69) is 10.6 Å². The van der Waals surface area contributed by atoms with Crippen molar-refractivity contribution in [2.24, 2.45) is 0 Å². The molecule has 0 saturated heterocycles. The predicted octanol–water partition coefficient (Wildman–Crippen LogP) is 1.85. The molecule has 4 heteroatoms. The van der Waals surface area contributed by atoms with Gasteiger partial charge in [-0.3, -0.25) is 9.59 Å². The van der Waals surface area contributed by atoms with Crippen molar-refractivity contribution >= 4 is 17.5 Å². The number of carbonyl (C=O) groups excluding carboxylic acids is 2. The summed E-state index contributed by atoms with van der Waals surface area (Å²) in [5, 5.41) is 5.35. The van der Waals surface area contributed by atoms with Gasteiger partial charge in [-0.2, -0.15) is 0 Å². The van der Waals surface area contributed by atoms with Crippen LogP contribution in [0.25, 0.3) is 0 Å².